The van der Waals surface area contributed by atoms with Gasteiger partial charge in [0.15, 0.2) is 11.6 Å². The highest BCUT2D eigenvalue weighted by atomic mass is 19.4. The first-order valence-electron chi connectivity index (χ1n) is 10.9. The number of alkyl halides is 3. The van der Waals surface area contributed by atoms with Gasteiger partial charge in [-0.15, -0.1) is 10.2 Å². The van der Waals surface area contributed by atoms with Gasteiger partial charge in [-0.3, -0.25) is 4.79 Å². The molecule has 0 amide bonds. The highest BCUT2D eigenvalue weighted by Gasteiger charge is 2.31. The second-order valence-corrected chi connectivity index (χ2v) is 8.34. The maximum Gasteiger partial charge on any atom is 0.416 e. The molecule has 0 fully saturated rings. The van der Waals surface area contributed by atoms with Crippen LogP contribution in [0.5, 0.6) is 11.6 Å². The second kappa shape index (κ2) is 9.73. The van der Waals surface area contributed by atoms with E-state index in [0.29, 0.717) is 13.0 Å². The number of carbonyl (C=O) groups is 1. The van der Waals surface area contributed by atoms with Crippen LogP contribution in [0.1, 0.15) is 45.2 Å². The number of hydrogen-bond donors (Lipinski definition) is 1. The minimum atomic E-state index is -4.53. The van der Waals surface area contributed by atoms with Crippen LogP contribution in [0.15, 0.2) is 53.7 Å². The number of carbonyl (C=O) groups excluding carboxylic acids is 1. The van der Waals surface area contributed by atoms with Crippen molar-refractivity contribution in [1.82, 2.24) is 15.5 Å². The third kappa shape index (κ3) is 5.76. The van der Waals surface area contributed by atoms with Crippen LogP contribution < -0.4 is 10.1 Å². The maximum atomic E-state index is 13.1. The van der Waals surface area contributed by atoms with E-state index < -0.39 is 11.7 Å². The average molecular weight is 484 g/mol. The Morgan fingerprint density at radius 2 is 1.94 bits per heavy atom. The van der Waals surface area contributed by atoms with Crippen molar-refractivity contribution in [2.75, 3.05) is 6.61 Å². The Balaban J connectivity index is 1.63. The summed E-state index contributed by atoms with van der Waals surface area (Å²) >= 11 is 0. The fourth-order valence-corrected chi connectivity index (χ4v) is 3.68. The van der Waals surface area contributed by atoms with E-state index in [0.717, 1.165) is 28.8 Å². The van der Waals surface area contributed by atoms with E-state index in [-0.39, 0.29) is 40.5 Å². The van der Waals surface area contributed by atoms with Crippen LogP contribution in [-0.2, 0) is 17.4 Å². The molecule has 1 aliphatic rings. The first-order valence-corrected chi connectivity index (χ1v) is 10.9. The SMILES string of the molecule is CC(=O)c1cc(C2=NOCC(Cc3ccc(C)cc3C)N2)c(Oc2cccc(C(F)(F)F)c2)nn1. The molecule has 0 aliphatic carbocycles. The molecule has 2 aromatic carbocycles. The van der Waals surface area contributed by atoms with Gasteiger partial charge >= 0.3 is 6.18 Å². The molecule has 0 saturated heterocycles. The number of ether oxygens (including phenoxy) is 1. The van der Waals surface area contributed by atoms with E-state index in [1.54, 1.807) is 0 Å². The van der Waals surface area contributed by atoms with E-state index >= 15 is 0 Å². The minimum absolute atomic E-state index is 0.0531. The lowest BCUT2D eigenvalue weighted by Crippen LogP contribution is -2.43. The van der Waals surface area contributed by atoms with E-state index in [1.807, 2.05) is 19.9 Å². The van der Waals surface area contributed by atoms with Gasteiger partial charge < -0.3 is 14.9 Å². The molecule has 1 N–H and O–H groups in total. The van der Waals surface area contributed by atoms with Crippen molar-refractivity contribution in [2.45, 2.75) is 39.4 Å². The number of aryl methyl sites for hydroxylation is 2. The normalized spacial score (nSPS) is 15.6. The van der Waals surface area contributed by atoms with Crippen molar-refractivity contribution >= 4 is 11.6 Å². The van der Waals surface area contributed by atoms with E-state index in [9.17, 15) is 18.0 Å². The molecular weight excluding hydrogens is 461 g/mol. The van der Waals surface area contributed by atoms with Gasteiger partial charge in [-0.05, 0) is 55.7 Å². The van der Waals surface area contributed by atoms with E-state index in [4.69, 9.17) is 9.57 Å². The zero-order valence-electron chi connectivity index (χ0n) is 19.3. The van der Waals surface area contributed by atoms with Gasteiger partial charge in [-0.25, -0.2) is 0 Å². The summed E-state index contributed by atoms with van der Waals surface area (Å²) < 4.78 is 45.0. The van der Waals surface area contributed by atoms with Gasteiger partial charge in [-0.2, -0.15) is 13.2 Å². The van der Waals surface area contributed by atoms with Crippen LogP contribution in [0.25, 0.3) is 0 Å². The third-order valence-electron chi connectivity index (χ3n) is 5.49. The average Bonchev–Trinajstić information content (AvgIpc) is 2.81. The predicted octanol–water partition coefficient (Wildman–Crippen LogP) is 5.00. The van der Waals surface area contributed by atoms with Gasteiger partial charge in [0.2, 0.25) is 5.88 Å². The lowest BCUT2D eigenvalue weighted by molar-refractivity contribution is -0.137. The lowest BCUT2D eigenvalue weighted by atomic mass is 9.99. The Hall–Kier alpha value is -3.95. The topological polar surface area (TPSA) is 85.7 Å². The molecule has 0 saturated carbocycles. The lowest BCUT2D eigenvalue weighted by Gasteiger charge is -2.25. The molecular formula is C25H23F3N4O3. The van der Waals surface area contributed by atoms with Gasteiger partial charge in [0.05, 0.1) is 17.2 Å². The smallest absolute Gasteiger partial charge is 0.416 e. The fourth-order valence-electron chi connectivity index (χ4n) is 3.68. The molecule has 0 bridgehead atoms. The number of benzene rings is 2. The summed E-state index contributed by atoms with van der Waals surface area (Å²) in [5, 5.41) is 15.1. The van der Waals surface area contributed by atoms with Crippen LogP contribution in [-0.4, -0.2) is 34.5 Å². The fraction of sp³-hybridized carbons (Fsp3) is 0.280. The molecule has 182 valence electrons. The number of Topliss-reactive ketones (excluding diaryl/α,β-unsaturated/α-hetero) is 1. The molecule has 2 heterocycles. The monoisotopic (exact) mass is 484 g/mol. The molecule has 0 spiro atoms. The summed E-state index contributed by atoms with van der Waals surface area (Å²) in [5.74, 6) is -0.301. The third-order valence-corrected chi connectivity index (χ3v) is 5.49. The molecule has 7 nitrogen and oxygen atoms in total. The Morgan fingerprint density at radius 3 is 2.66 bits per heavy atom. The largest absolute Gasteiger partial charge is 0.437 e. The molecule has 10 heteroatoms. The number of rotatable bonds is 6. The molecule has 35 heavy (non-hydrogen) atoms. The summed E-state index contributed by atoms with van der Waals surface area (Å²) in [6.45, 7) is 5.70. The zero-order valence-corrected chi connectivity index (χ0v) is 19.3. The van der Waals surface area contributed by atoms with Crippen LogP contribution in [0, 0.1) is 13.8 Å². The number of hydrogen-bond acceptors (Lipinski definition) is 7. The molecule has 4 rings (SSSR count). The van der Waals surface area contributed by atoms with E-state index in [2.05, 4.69) is 32.8 Å². The summed E-state index contributed by atoms with van der Waals surface area (Å²) in [4.78, 5) is 17.4. The molecule has 1 atom stereocenters. The Kier molecular flexibility index (Phi) is 6.72. The Labute approximate surface area is 200 Å². The van der Waals surface area contributed by atoms with Gasteiger partial charge in [-0.1, -0.05) is 35.0 Å². The van der Waals surface area contributed by atoms with Crippen LogP contribution in [0.3, 0.4) is 0 Å². The zero-order chi connectivity index (χ0) is 25.2. The van der Waals surface area contributed by atoms with Crippen molar-refractivity contribution in [3.8, 4) is 11.6 Å². The molecule has 1 aliphatic heterocycles. The Bertz CT molecular complexity index is 1290. The van der Waals surface area contributed by atoms with Crippen molar-refractivity contribution in [3.63, 3.8) is 0 Å². The molecule has 3 aromatic rings. The summed E-state index contributed by atoms with van der Waals surface area (Å²) in [5.41, 5.74) is 2.88. The van der Waals surface area contributed by atoms with Crippen LogP contribution in [0.2, 0.25) is 0 Å². The number of nitrogens with zero attached hydrogens (tertiary/aromatic N) is 3. The highest BCUT2D eigenvalue weighted by molar-refractivity contribution is 6.03. The Morgan fingerprint density at radius 1 is 1.14 bits per heavy atom. The number of halogens is 3. The standard InChI is InChI=1S/C25H23F3N4O3/c1-14-7-8-17(15(2)9-14)10-19-13-34-32-23(29-19)21-12-22(16(3)33)30-31-24(21)35-20-6-4-5-18(11-20)25(26,27)28/h4-9,11-12,19H,10,13H2,1-3H3,(H,29,32). The number of ketones is 1. The predicted molar refractivity (Wildman–Crippen MR) is 123 cm³/mol. The second-order valence-electron chi connectivity index (χ2n) is 8.34. The van der Waals surface area contributed by atoms with Crippen molar-refractivity contribution in [2.24, 2.45) is 5.16 Å². The van der Waals surface area contributed by atoms with Crippen molar-refractivity contribution < 1.29 is 27.5 Å². The first-order chi connectivity index (χ1) is 16.6. The minimum Gasteiger partial charge on any atom is -0.437 e. The van der Waals surface area contributed by atoms with Crippen molar-refractivity contribution in [1.29, 1.82) is 0 Å². The summed E-state index contributed by atoms with van der Waals surface area (Å²) in [6, 6.07) is 11.9. The number of oxime groups is 1. The number of amidine groups is 1. The summed E-state index contributed by atoms with van der Waals surface area (Å²) in [6.07, 6.45) is -3.89. The van der Waals surface area contributed by atoms with Gasteiger partial charge in [0, 0.05) is 6.92 Å². The first kappa shape index (κ1) is 24.2. The van der Waals surface area contributed by atoms with Crippen molar-refractivity contribution in [3.05, 3.63) is 82.0 Å². The van der Waals surface area contributed by atoms with E-state index in [1.165, 1.54) is 25.1 Å². The van der Waals surface area contributed by atoms with Gasteiger partial charge in [0.25, 0.3) is 0 Å². The molecule has 1 unspecified atom stereocenters. The number of aromatic nitrogens is 2. The highest BCUT2D eigenvalue weighted by Crippen LogP contribution is 2.33. The summed E-state index contributed by atoms with van der Waals surface area (Å²) in [7, 11) is 0. The van der Waals surface area contributed by atoms with Gasteiger partial charge in [0.1, 0.15) is 18.1 Å². The number of nitrogens with one attached hydrogen (secondary N) is 1. The molecule has 0 radical (unpaired) electrons. The van der Waals surface area contributed by atoms with Crippen LogP contribution >= 0.6 is 0 Å². The molecule has 1 aromatic heterocycles. The van der Waals surface area contributed by atoms with Crippen LogP contribution in [0.4, 0.5) is 13.2 Å². The quantitative estimate of drug-likeness (QED) is 0.496. The maximum absolute atomic E-state index is 13.1.